The lowest BCUT2D eigenvalue weighted by Gasteiger charge is -2.38. The minimum absolute atomic E-state index is 0.0134. The summed E-state index contributed by atoms with van der Waals surface area (Å²) in [5.41, 5.74) is 0. The van der Waals surface area contributed by atoms with Gasteiger partial charge in [-0.3, -0.25) is 9.59 Å². The van der Waals surface area contributed by atoms with Crippen LogP contribution in [-0.4, -0.2) is 69.8 Å². The van der Waals surface area contributed by atoms with Crippen molar-refractivity contribution < 1.29 is 39.1 Å². The van der Waals surface area contributed by atoms with E-state index in [0.717, 1.165) is 6.42 Å². The van der Waals surface area contributed by atoms with Crippen LogP contribution in [0.3, 0.4) is 0 Å². The number of carbonyl (C=O) groups excluding carboxylic acids is 2. The zero-order valence-corrected chi connectivity index (χ0v) is 23.4. The lowest BCUT2D eigenvalue weighted by molar-refractivity contribution is -0.177. The van der Waals surface area contributed by atoms with Crippen LogP contribution in [0, 0.1) is 35.5 Å². The van der Waals surface area contributed by atoms with E-state index in [4.69, 9.17) is 25.8 Å². The molecular weight excluding hydrogens is 488 g/mol. The summed E-state index contributed by atoms with van der Waals surface area (Å²) in [5.74, 6) is -0.257. The molecule has 0 amide bonds. The summed E-state index contributed by atoms with van der Waals surface area (Å²) < 4.78 is 15.6. The smallest absolute Gasteiger partial charge is 0.311 e. The maximum atomic E-state index is 11.1. The molecule has 0 unspecified atom stereocenters. The zero-order chi connectivity index (χ0) is 27.9. The summed E-state index contributed by atoms with van der Waals surface area (Å²) in [6.45, 7) is 20.2. The molecule has 0 spiro atoms. The second-order valence-electron chi connectivity index (χ2n) is 10.2. The highest BCUT2D eigenvalue weighted by Crippen LogP contribution is 2.32. The summed E-state index contributed by atoms with van der Waals surface area (Å²) in [6, 6.07) is 0. The minimum atomic E-state index is -0.616. The Hall–Kier alpha value is -1.61. The van der Waals surface area contributed by atoms with Crippen LogP contribution in [0.25, 0.3) is 0 Å². The Labute approximate surface area is 220 Å². The summed E-state index contributed by atoms with van der Waals surface area (Å²) in [5, 5.41) is 28.9. The van der Waals surface area contributed by atoms with Crippen LogP contribution >= 0.6 is 11.6 Å². The average molecular weight is 533 g/mol. The van der Waals surface area contributed by atoms with Crippen LogP contribution < -0.4 is 0 Å². The van der Waals surface area contributed by atoms with E-state index < -0.39 is 18.1 Å². The van der Waals surface area contributed by atoms with Gasteiger partial charge in [0.2, 0.25) is 0 Å². The maximum Gasteiger partial charge on any atom is 0.311 e. The Kier molecular flexibility index (Phi) is 12.9. The van der Waals surface area contributed by atoms with Crippen molar-refractivity contribution in [3.05, 3.63) is 25.0 Å². The summed E-state index contributed by atoms with van der Waals surface area (Å²) >= 11 is 5.68. The van der Waals surface area contributed by atoms with Crippen LogP contribution in [0.4, 0.5) is 0 Å². The molecule has 0 bridgehead atoms. The van der Waals surface area contributed by atoms with Crippen molar-refractivity contribution in [2.24, 2.45) is 35.5 Å². The molecule has 0 aromatic carbocycles. The zero-order valence-electron chi connectivity index (χ0n) is 22.6. The molecule has 8 nitrogen and oxygen atoms in total. The number of aliphatic hydroxyl groups excluding tert-OH is 3. The number of rotatable bonds is 3. The van der Waals surface area contributed by atoms with E-state index in [1.807, 2.05) is 34.6 Å². The summed E-state index contributed by atoms with van der Waals surface area (Å²) in [6.07, 6.45) is 0.243. The fourth-order valence-corrected chi connectivity index (χ4v) is 4.83. The van der Waals surface area contributed by atoms with E-state index in [0.29, 0.717) is 11.6 Å². The van der Waals surface area contributed by atoms with Crippen molar-refractivity contribution in [3.63, 3.8) is 0 Å². The summed E-state index contributed by atoms with van der Waals surface area (Å²) in [4.78, 5) is 22.2. The monoisotopic (exact) mass is 532 g/mol. The van der Waals surface area contributed by atoms with Gasteiger partial charge in [0.15, 0.2) is 0 Å². The molecule has 3 saturated heterocycles. The molecule has 3 rings (SSSR count). The number of hydrogen-bond acceptors (Lipinski definition) is 8. The van der Waals surface area contributed by atoms with Crippen LogP contribution in [0.1, 0.15) is 54.9 Å². The first-order valence-electron chi connectivity index (χ1n) is 12.7. The van der Waals surface area contributed by atoms with Gasteiger partial charge in [0.05, 0.1) is 41.8 Å². The molecule has 36 heavy (non-hydrogen) atoms. The van der Waals surface area contributed by atoms with Gasteiger partial charge in [-0.25, -0.2) is 0 Å². The number of alkyl halides is 1. The van der Waals surface area contributed by atoms with Crippen LogP contribution in [0.5, 0.6) is 0 Å². The number of esters is 2. The van der Waals surface area contributed by atoms with Crippen molar-refractivity contribution in [2.75, 3.05) is 5.88 Å². The van der Waals surface area contributed by atoms with Gasteiger partial charge in [-0.1, -0.05) is 53.9 Å². The molecule has 3 N–H and O–H groups in total. The van der Waals surface area contributed by atoms with Crippen molar-refractivity contribution in [3.8, 4) is 0 Å². The van der Waals surface area contributed by atoms with Gasteiger partial charge in [0.1, 0.15) is 18.3 Å². The van der Waals surface area contributed by atoms with Gasteiger partial charge in [-0.15, -0.1) is 11.6 Å². The van der Waals surface area contributed by atoms with E-state index in [9.17, 15) is 24.9 Å². The SMILES string of the molecule is C=C1O[C@H](CCl)[C@H](C)[C@H](O)[C@H]1C.C=C[C@H]1OC(=O)[C@H](C)[C@@H](O)[C@H]1C.CC[C@H]1OC(=O)[C@H](C)[C@@H](O)[C@H]1C. The maximum absolute atomic E-state index is 11.1. The Morgan fingerprint density at radius 3 is 1.69 bits per heavy atom. The molecule has 0 aromatic heterocycles. The molecule has 3 aliphatic rings. The van der Waals surface area contributed by atoms with E-state index in [1.54, 1.807) is 19.9 Å². The van der Waals surface area contributed by atoms with E-state index in [1.165, 1.54) is 0 Å². The summed E-state index contributed by atoms with van der Waals surface area (Å²) in [7, 11) is 0. The van der Waals surface area contributed by atoms with Gasteiger partial charge >= 0.3 is 11.9 Å². The third kappa shape index (κ3) is 7.70. The largest absolute Gasteiger partial charge is 0.493 e. The van der Waals surface area contributed by atoms with Crippen molar-refractivity contribution in [2.45, 2.75) is 91.5 Å². The first-order valence-corrected chi connectivity index (χ1v) is 13.3. The third-order valence-electron chi connectivity index (χ3n) is 7.70. The number of ether oxygens (including phenoxy) is 3. The Balaban J connectivity index is 0.000000270. The van der Waals surface area contributed by atoms with Crippen LogP contribution in [0.2, 0.25) is 0 Å². The lowest BCUT2D eigenvalue weighted by Crippen LogP contribution is -2.46. The molecule has 0 aliphatic carbocycles. The molecule has 9 heteroatoms. The predicted molar refractivity (Wildman–Crippen MR) is 138 cm³/mol. The molecule has 0 saturated carbocycles. The number of cyclic esters (lactones) is 2. The number of carbonyl (C=O) groups is 2. The first-order chi connectivity index (χ1) is 16.7. The van der Waals surface area contributed by atoms with Crippen molar-refractivity contribution in [1.82, 2.24) is 0 Å². The number of halogens is 1. The predicted octanol–water partition coefficient (Wildman–Crippen LogP) is 3.46. The molecule has 208 valence electrons. The van der Waals surface area contributed by atoms with Gasteiger partial charge in [0.25, 0.3) is 0 Å². The fourth-order valence-electron chi connectivity index (χ4n) is 4.48. The standard InChI is InChI=1S/C9H15ClO2.C9H16O3.C9H14O3/c1-5-7(3)12-8(4-10)6(2)9(5)11;2*1-4-7-5(2)8(10)6(3)9(11)12-7/h5-6,8-9,11H,3-4H2,1-2H3;5-8,10H,4H2,1-3H3;4-8,10H,1H2,2-3H3/t5-,6-,8+,9+;2*5-,6+,7+,8-/m000/s1. The molecule has 0 aromatic rings. The van der Waals surface area contributed by atoms with Crippen molar-refractivity contribution >= 4 is 23.5 Å². The number of hydrogen-bond donors (Lipinski definition) is 3. The van der Waals surface area contributed by atoms with Crippen LogP contribution in [0.15, 0.2) is 25.0 Å². The second-order valence-corrected chi connectivity index (χ2v) is 10.5. The lowest BCUT2D eigenvalue weighted by atomic mass is 9.85. The molecule has 0 radical (unpaired) electrons. The van der Waals surface area contributed by atoms with E-state index in [2.05, 4.69) is 13.2 Å². The first kappa shape index (κ1) is 32.4. The highest BCUT2D eigenvalue weighted by Gasteiger charge is 2.40. The Morgan fingerprint density at radius 1 is 0.778 bits per heavy atom. The Morgan fingerprint density at radius 2 is 1.22 bits per heavy atom. The topological polar surface area (TPSA) is 123 Å². The third-order valence-corrected chi connectivity index (χ3v) is 8.01. The van der Waals surface area contributed by atoms with E-state index in [-0.39, 0.29) is 65.9 Å². The average Bonchev–Trinajstić information content (AvgIpc) is 2.87. The van der Waals surface area contributed by atoms with Gasteiger partial charge in [-0.2, -0.15) is 0 Å². The molecule has 3 fully saturated rings. The highest BCUT2D eigenvalue weighted by molar-refractivity contribution is 6.18. The molecule has 12 atom stereocenters. The molecular formula is C27H45ClO8. The normalized spacial score (nSPS) is 42.4. The van der Waals surface area contributed by atoms with Crippen LogP contribution in [-0.2, 0) is 23.8 Å². The van der Waals surface area contributed by atoms with Gasteiger partial charge < -0.3 is 29.5 Å². The number of aliphatic hydroxyl groups is 3. The highest BCUT2D eigenvalue weighted by atomic mass is 35.5. The molecule has 3 heterocycles. The second kappa shape index (κ2) is 14.4. The molecule has 3 aliphatic heterocycles. The van der Waals surface area contributed by atoms with Crippen molar-refractivity contribution in [1.29, 1.82) is 0 Å². The quantitative estimate of drug-likeness (QED) is 0.287. The van der Waals surface area contributed by atoms with E-state index >= 15 is 0 Å². The van der Waals surface area contributed by atoms with Gasteiger partial charge in [-0.05, 0) is 20.3 Å². The fraction of sp³-hybridized carbons (Fsp3) is 0.778. The van der Waals surface area contributed by atoms with Gasteiger partial charge in [0, 0.05) is 23.7 Å². The Bertz CT molecular complexity index is 712. The minimum Gasteiger partial charge on any atom is -0.493 e.